The number of carbonyl (C=O) groups is 2. The van der Waals surface area contributed by atoms with Crippen molar-refractivity contribution in [2.75, 3.05) is 37.4 Å². The second kappa shape index (κ2) is 10.0. The molecule has 0 unspecified atom stereocenters. The van der Waals surface area contributed by atoms with E-state index in [0.717, 1.165) is 0 Å². The molecule has 2 aromatic carbocycles. The number of nitro groups is 1. The lowest BCUT2D eigenvalue weighted by Crippen LogP contribution is -2.38. The molecular formula is C19H22N4O5. The van der Waals surface area contributed by atoms with Crippen molar-refractivity contribution in [2.24, 2.45) is 0 Å². The van der Waals surface area contributed by atoms with Gasteiger partial charge in [-0.15, -0.1) is 0 Å². The van der Waals surface area contributed by atoms with Gasteiger partial charge in [-0.25, -0.2) is 0 Å². The number of nitrogens with zero attached hydrogens (tertiary/aromatic N) is 2. The van der Waals surface area contributed by atoms with E-state index in [2.05, 4.69) is 10.6 Å². The highest BCUT2D eigenvalue weighted by atomic mass is 16.6. The largest absolute Gasteiger partial charge is 0.495 e. The Balaban J connectivity index is 1.89. The Bertz CT molecular complexity index is 838. The van der Waals surface area contributed by atoms with Crippen molar-refractivity contribution in [3.8, 4) is 5.75 Å². The quantitative estimate of drug-likeness (QED) is 0.506. The van der Waals surface area contributed by atoms with Crippen LogP contribution in [0.15, 0.2) is 48.5 Å². The summed E-state index contributed by atoms with van der Waals surface area (Å²) in [5, 5.41) is 16.1. The molecule has 0 aliphatic rings. The van der Waals surface area contributed by atoms with Crippen LogP contribution < -0.4 is 15.4 Å². The lowest BCUT2D eigenvalue weighted by molar-refractivity contribution is -0.384. The normalized spacial score (nSPS) is 10.4. The monoisotopic (exact) mass is 386 g/mol. The molecule has 28 heavy (non-hydrogen) atoms. The molecule has 0 bridgehead atoms. The van der Waals surface area contributed by atoms with E-state index in [0.29, 0.717) is 23.7 Å². The van der Waals surface area contributed by atoms with Gasteiger partial charge in [-0.1, -0.05) is 19.1 Å². The number of benzene rings is 2. The Morgan fingerprint density at radius 1 is 1.04 bits per heavy atom. The number of para-hydroxylation sites is 2. The van der Waals surface area contributed by atoms with Crippen LogP contribution in [0.4, 0.5) is 17.1 Å². The van der Waals surface area contributed by atoms with Crippen LogP contribution in [0.1, 0.15) is 6.92 Å². The first-order valence-corrected chi connectivity index (χ1v) is 8.62. The minimum atomic E-state index is -0.509. The second-order valence-corrected chi connectivity index (χ2v) is 5.90. The van der Waals surface area contributed by atoms with Gasteiger partial charge < -0.3 is 15.4 Å². The molecule has 2 rings (SSSR count). The van der Waals surface area contributed by atoms with Crippen LogP contribution in [0, 0.1) is 10.1 Å². The van der Waals surface area contributed by atoms with Gasteiger partial charge in [-0.05, 0) is 30.8 Å². The number of rotatable bonds is 9. The summed E-state index contributed by atoms with van der Waals surface area (Å²) in [4.78, 5) is 36.3. The van der Waals surface area contributed by atoms with Gasteiger partial charge in [0.15, 0.2) is 0 Å². The molecule has 2 amide bonds. The van der Waals surface area contributed by atoms with Crippen LogP contribution >= 0.6 is 0 Å². The van der Waals surface area contributed by atoms with Gasteiger partial charge in [0.05, 0.1) is 30.8 Å². The molecule has 0 saturated carbocycles. The van der Waals surface area contributed by atoms with Crippen LogP contribution in [0.2, 0.25) is 0 Å². The maximum Gasteiger partial charge on any atom is 0.269 e. The number of non-ortho nitro benzene ring substituents is 1. The molecule has 0 aliphatic carbocycles. The van der Waals surface area contributed by atoms with E-state index < -0.39 is 4.92 Å². The van der Waals surface area contributed by atoms with Crippen molar-refractivity contribution in [3.63, 3.8) is 0 Å². The number of ether oxygens (including phenoxy) is 1. The molecule has 148 valence electrons. The number of hydrogen-bond donors (Lipinski definition) is 2. The Labute approximate surface area is 162 Å². The van der Waals surface area contributed by atoms with E-state index in [-0.39, 0.29) is 30.6 Å². The van der Waals surface area contributed by atoms with Crippen LogP contribution in [-0.2, 0) is 9.59 Å². The van der Waals surface area contributed by atoms with Crippen LogP contribution in [0.3, 0.4) is 0 Å². The maximum absolute atomic E-state index is 12.3. The minimum absolute atomic E-state index is 0.00678. The van der Waals surface area contributed by atoms with E-state index >= 15 is 0 Å². The lowest BCUT2D eigenvalue weighted by atomic mass is 10.3. The average molecular weight is 386 g/mol. The first kappa shape index (κ1) is 20.8. The second-order valence-electron chi connectivity index (χ2n) is 5.90. The first-order valence-electron chi connectivity index (χ1n) is 8.62. The number of amides is 2. The zero-order valence-corrected chi connectivity index (χ0v) is 15.7. The molecule has 0 saturated heterocycles. The summed E-state index contributed by atoms with van der Waals surface area (Å²) in [6.45, 7) is 2.37. The smallest absolute Gasteiger partial charge is 0.269 e. The molecule has 9 nitrogen and oxygen atoms in total. The van der Waals surface area contributed by atoms with Crippen molar-refractivity contribution in [1.29, 1.82) is 0 Å². The van der Waals surface area contributed by atoms with Crippen molar-refractivity contribution in [2.45, 2.75) is 6.92 Å². The summed E-state index contributed by atoms with van der Waals surface area (Å²) >= 11 is 0. The van der Waals surface area contributed by atoms with Crippen molar-refractivity contribution in [1.82, 2.24) is 4.90 Å². The average Bonchev–Trinajstić information content (AvgIpc) is 2.68. The van der Waals surface area contributed by atoms with Crippen LogP contribution in [0.25, 0.3) is 0 Å². The molecule has 0 aromatic heterocycles. The van der Waals surface area contributed by atoms with E-state index in [1.54, 1.807) is 29.2 Å². The van der Waals surface area contributed by atoms with Gasteiger partial charge in [0.25, 0.3) is 5.69 Å². The SMILES string of the molecule is CCN(CC(=O)Nc1ccc([N+](=O)[O-])cc1)CC(=O)Nc1ccccc1OC. The van der Waals surface area contributed by atoms with Gasteiger partial charge in [0.2, 0.25) is 11.8 Å². The van der Waals surface area contributed by atoms with Gasteiger partial charge in [0.1, 0.15) is 5.75 Å². The summed E-state index contributed by atoms with van der Waals surface area (Å²) in [5.41, 5.74) is 0.952. The van der Waals surface area contributed by atoms with E-state index in [1.165, 1.54) is 31.4 Å². The molecule has 0 atom stereocenters. The third kappa shape index (κ3) is 6.06. The standard InChI is InChI=1S/C19H22N4O5/c1-3-22(13-19(25)21-16-6-4-5-7-17(16)28-2)12-18(24)20-14-8-10-15(11-9-14)23(26)27/h4-11H,3,12-13H2,1-2H3,(H,20,24)(H,21,25). The fourth-order valence-electron chi connectivity index (χ4n) is 2.49. The van der Waals surface area contributed by atoms with Crippen molar-refractivity contribution < 1.29 is 19.2 Å². The van der Waals surface area contributed by atoms with Gasteiger partial charge in [0, 0.05) is 17.8 Å². The van der Waals surface area contributed by atoms with E-state index in [4.69, 9.17) is 4.74 Å². The summed E-state index contributed by atoms with van der Waals surface area (Å²) < 4.78 is 5.20. The van der Waals surface area contributed by atoms with Crippen LogP contribution in [0.5, 0.6) is 5.75 Å². The van der Waals surface area contributed by atoms with Crippen LogP contribution in [-0.4, -0.2) is 48.4 Å². The molecule has 2 aromatic rings. The summed E-state index contributed by atoms with van der Waals surface area (Å²) in [5.74, 6) is -0.0370. The number of methoxy groups -OCH3 is 1. The topological polar surface area (TPSA) is 114 Å². The Hall–Kier alpha value is -3.46. The van der Waals surface area contributed by atoms with Crippen molar-refractivity contribution >= 4 is 28.9 Å². The van der Waals surface area contributed by atoms with Crippen molar-refractivity contribution in [3.05, 3.63) is 58.6 Å². The molecule has 0 radical (unpaired) electrons. The highest BCUT2D eigenvalue weighted by Gasteiger charge is 2.15. The number of hydrogen-bond acceptors (Lipinski definition) is 6. The third-order valence-electron chi connectivity index (χ3n) is 3.92. The number of nitro benzene ring substituents is 1. The third-order valence-corrected chi connectivity index (χ3v) is 3.92. The maximum atomic E-state index is 12.3. The molecule has 2 N–H and O–H groups in total. The molecule has 0 fully saturated rings. The van der Waals surface area contributed by atoms with Gasteiger partial charge in [-0.3, -0.25) is 24.6 Å². The predicted octanol–water partition coefficient (Wildman–Crippen LogP) is 2.50. The summed E-state index contributed by atoms with van der Waals surface area (Å²) in [6.07, 6.45) is 0. The summed E-state index contributed by atoms with van der Waals surface area (Å²) in [7, 11) is 1.52. The first-order chi connectivity index (χ1) is 13.4. The minimum Gasteiger partial charge on any atom is -0.495 e. The Morgan fingerprint density at radius 3 is 2.21 bits per heavy atom. The highest BCUT2D eigenvalue weighted by Crippen LogP contribution is 2.22. The fraction of sp³-hybridized carbons (Fsp3) is 0.263. The van der Waals surface area contributed by atoms with Gasteiger partial charge in [-0.2, -0.15) is 0 Å². The molecule has 9 heteroatoms. The number of anilines is 2. The number of carbonyl (C=O) groups excluding carboxylic acids is 2. The molecule has 0 heterocycles. The van der Waals surface area contributed by atoms with E-state index in [1.807, 2.05) is 6.92 Å². The van der Waals surface area contributed by atoms with Gasteiger partial charge >= 0.3 is 0 Å². The number of likely N-dealkylation sites (N-methyl/N-ethyl adjacent to an activating group) is 1. The molecular weight excluding hydrogens is 364 g/mol. The summed E-state index contributed by atoms with van der Waals surface area (Å²) in [6, 6.07) is 12.6. The molecule has 0 spiro atoms. The fourth-order valence-corrected chi connectivity index (χ4v) is 2.49. The van der Waals surface area contributed by atoms with E-state index in [9.17, 15) is 19.7 Å². The number of nitrogens with one attached hydrogen (secondary N) is 2. The predicted molar refractivity (Wildman–Crippen MR) is 105 cm³/mol. The molecule has 0 aliphatic heterocycles. The Kier molecular flexibility index (Phi) is 7.46. The lowest BCUT2D eigenvalue weighted by Gasteiger charge is -2.19. The zero-order valence-electron chi connectivity index (χ0n) is 15.7. The Morgan fingerprint density at radius 2 is 1.64 bits per heavy atom. The highest BCUT2D eigenvalue weighted by molar-refractivity contribution is 5.95. The zero-order chi connectivity index (χ0) is 20.5.